The van der Waals surface area contributed by atoms with Crippen molar-refractivity contribution in [1.82, 2.24) is 4.90 Å². The highest BCUT2D eigenvalue weighted by Crippen LogP contribution is 2.27. The quantitative estimate of drug-likeness (QED) is 0.617. The van der Waals surface area contributed by atoms with E-state index < -0.39 is 4.92 Å². The van der Waals surface area contributed by atoms with E-state index in [1.54, 1.807) is 12.1 Å². The van der Waals surface area contributed by atoms with Gasteiger partial charge < -0.3 is 14.8 Å². The van der Waals surface area contributed by atoms with Gasteiger partial charge in [0.15, 0.2) is 0 Å². The second kappa shape index (κ2) is 8.25. The van der Waals surface area contributed by atoms with E-state index in [1.807, 2.05) is 6.07 Å². The highest BCUT2D eigenvalue weighted by molar-refractivity contribution is 5.64. The summed E-state index contributed by atoms with van der Waals surface area (Å²) in [5, 5.41) is 23.5. The number of nitro groups is 1. The van der Waals surface area contributed by atoms with E-state index in [-0.39, 0.29) is 17.3 Å². The number of hydrogen-bond donors (Lipinski definition) is 1. The molecule has 8 heteroatoms. The van der Waals surface area contributed by atoms with Crippen LogP contribution in [0.4, 0.5) is 11.4 Å². The van der Waals surface area contributed by atoms with Gasteiger partial charge in [0.25, 0.3) is 5.69 Å². The van der Waals surface area contributed by atoms with Gasteiger partial charge in [0, 0.05) is 44.3 Å². The number of nitro benzene ring substituents is 1. The summed E-state index contributed by atoms with van der Waals surface area (Å²) in [6.07, 6.45) is 0.999. The fraction of sp³-hybridized carbons (Fsp3) is 0.588. The van der Waals surface area contributed by atoms with Gasteiger partial charge in [0.2, 0.25) is 0 Å². The smallest absolute Gasteiger partial charge is 0.293 e. The maximum absolute atomic E-state index is 11.3. The molecular weight excluding hydrogens is 324 g/mol. The third-order valence-electron chi connectivity index (χ3n) is 4.85. The van der Waals surface area contributed by atoms with Crippen molar-refractivity contribution >= 4 is 11.4 Å². The molecule has 0 aliphatic carbocycles. The molecule has 0 unspecified atom stereocenters. The van der Waals surface area contributed by atoms with Crippen LogP contribution >= 0.6 is 0 Å². The number of ether oxygens (including phenoxy) is 2. The Morgan fingerprint density at radius 2 is 2.16 bits per heavy atom. The van der Waals surface area contributed by atoms with Gasteiger partial charge in [-0.05, 0) is 18.6 Å². The summed E-state index contributed by atoms with van der Waals surface area (Å²) in [5.74, 6) is 0.406. The number of hydrogen-bond acceptors (Lipinski definition) is 7. The van der Waals surface area contributed by atoms with Crippen molar-refractivity contribution in [1.29, 1.82) is 5.26 Å². The lowest BCUT2D eigenvalue weighted by molar-refractivity contribution is -0.384. The molecular formula is C17H22N4O4. The van der Waals surface area contributed by atoms with Gasteiger partial charge in [-0.25, -0.2) is 0 Å². The van der Waals surface area contributed by atoms with Crippen LogP contribution in [0, 0.1) is 27.4 Å². The predicted octanol–water partition coefficient (Wildman–Crippen LogP) is 1.62. The van der Waals surface area contributed by atoms with Crippen LogP contribution in [0.1, 0.15) is 12.0 Å². The summed E-state index contributed by atoms with van der Waals surface area (Å²) in [5.41, 5.74) is 0.662. The molecule has 25 heavy (non-hydrogen) atoms. The lowest BCUT2D eigenvalue weighted by Gasteiger charge is -2.37. The zero-order valence-electron chi connectivity index (χ0n) is 14.0. The Morgan fingerprint density at radius 1 is 1.36 bits per heavy atom. The number of benzene rings is 1. The summed E-state index contributed by atoms with van der Waals surface area (Å²) < 4.78 is 11.0. The van der Waals surface area contributed by atoms with Crippen molar-refractivity contribution in [2.24, 2.45) is 5.92 Å². The Kier molecular flexibility index (Phi) is 5.81. The number of nitrogens with one attached hydrogen (secondary N) is 1. The van der Waals surface area contributed by atoms with Crippen LogP contribution in [0.3, 0.4) is 0 Å². The average Bonchev–Trinajstić information content (AvgIpc) is 3.17. The summed E-state index contributed by atoms with van der Waals surface area (Å²) in [4.78, 5) is 13.2. The minimum atomic E-state index is -0.453. The van der Waals surface area contributed by atoms with E-state index in [2.05, 4.69) is 10.2 Å². The summed E-state index contributed by atoms with van der Waals surface area (Å²) >= 11 is 0. The van der Waals surface area contributed by atoms with E-state index in [0.717, 1.165) is 32.7 Å². The standard InChI is InChI=1S/C17H22N4O4/c18-10-13-1-2-15(16(9-13)21(22)23)19-11-17(14-3-6-25-12-14)20-4-7-24-8-5-20/h1-2,9,14,17,19H,3-8,11-12H2/t14-,17-/m0/s1. The summed E-state index contributed by atoms with van der Waals surface area (Å²) in [7, 11) is 0. The summed E-state index contributed by atoms with van der Waals surface area (Å²) in [6, 6.07) is 6.69. The molecule has 0 radical (unpaired) electrons. The van der Waals surface area contributed by atoms with Gasteiger partial charge in [-0.3, -0.25) is 15.0 Å². The van der Waals surface area contributed by atoms with Crippen LogP contribution in [-0.4, -0.2) is 61.9 Å². The minimum Gasteiger partial charge on any atom is -0.381 e. The molecule has 2 saturated heterocycles. The van der Waals surface area contributed by atoms with Crippen molar-refractivity contribution in [3.05, 3.63) is 33.9 Å². The number of nitriles is 1. The van der Waals surface area contributed by atoms with E-state index in [9.17, 15) is 10.1 Å². The molecule has 2 aliphatic rings. The molecule has 0 spiro atoms. The zero-order valence-corrected chi connectivity index (χ0v) is 14.0. The Morgan fingerprint density at radius 3 is 2.80 bits per heavy atom. The van der Waals surface area contributed by atoms with Crippen molar-refractivity contribution in [2.75, 3.05) is 51.4 Å². The topological polar surface area (TPSA) is 101 Å². The molecule has 0 aromatic heterocycles. The van der Waals surface area contributed by atoms with Gasteiger partial charge in [0.1, 0.15) is 5.69 Å². The van der Waals surface area contributed by atoms with Gasteiger partial charge in [-0.1, -0.05) is 0 Å². The van der Waals surface area contributed by atoms with E-state index >= 15 is 0 Å². The van der Waals surface area contributed by atoms with Crippen LogP contribution in [-0.2, 0) is 9.47 Å². The van der Waals surface area contributed by atoms with Crippen LogP contribution in [0.25, 0.3) is 0 Å². The normalized spacial score (nSPS) is 22.3. The molecule has 3 rings (SSSR count). The lowest BCUT2D eigenvalue weighted by atomic mass is 9.96. The maximum atomic E-state index is 11.3. The van der Waals surface area contributed by atoms with E-state index in [0.29, 0.717) is 31.4 Å². The number of rotatable bonds is 6. The molecule has 1 aromatic rings. The summed E-state index contributed by atoms with van der Waals surface area (Å²) in [6.45, 7) is 5.22. The van der Waals surface area contributed by atoms with Crippen molar-refractivity contribution in [2.45, 2.75) is 12.5 Å². The third-order valence-corrected chi connectivity index (χ3v) is 4.85. The van der Waals surface area contributed by atoms with Crippen LogP contribution < -0.4 is 5.32 Å². The van der Waals surface area contributed by atoms with Crippen molar-refractivity contribution in [3.63, 3.8) is 0 Å². The Balaban J connectivity index is 1.74. The molecule has 1 aromatic carbocycles. The van der Waals surface area contributed by atoms with Crippen molar-refractivity contribution < 1.29 is 14.4 Å². The number of morpholine rings is 1. The fourth-order valence-electron chi connectivity index (χ4n) is 3.48. The Bertz CT molecular complexity index is 649. The highest BCUT2D eigenvalue weighted by Gasteiger charge is 2.31. The van der Waals surface area contributed by atoms with Gasteiger partial charge in [-0.2, -0.15) is 5.26 Å². The van der Waals surface area contributed by atoms with Crippen LogP contribution in [0.5, 0.6) is 0 Å². The first-order valence-electron chi connectivity index (χ1n) is 8.51. The average molecular weight is 346 g/mol. The first-order chi connectivity index (χ1) is 12.2. The molecule has 2 atom stereocenters. The lowest BCUT2D eigenvalue weighted by Crippen LogP contribution is -2.50. The predicted molar refractivity (Wildman–Crippen MR) is 91.4 cm³/mol. The van der Waals surface area contributed by atoms with Gasteiger partial charge >= 0.3 is 0 Å². The Labute approximate surface area is 146 Å². The van der Waals surface area contributed by atoms with E-state index in [4.69, 9.17) is 14.7 Å². The fourth-order valence-corrected chi connectivity index (χ4v) is 3.48. The monoisotopic (exact) mass is 346 g/mol. The first-order valence-corrected chi connectivity index (χ1v) is 8.51. The second-order valence-corrected chi connectivity index (χ2v) is 6.32. The van der Waals surface area contributed by atoms with Crippen LogP contribution in [0.2, 0.25) is 0 Å². The highest BCUT2D eigenvalue weighted by atomic mass is 16.6. The SMILES string of the molecule is N#Cc1ccc(NC[C@@H]([C@H]2CCOC2)N2CCOCC2)c([N+](=O)[O-])c1. The molecule has 8 nitrogen and oxygen atoms in total. The molecule has 0 amide bonds. The largest absolute Gasteiger partial charge is 0.381 e. The molecule has 2 fully saturated rings. The Hall–Kier alpha value is -2.21. The molecule has 1 N–H and O–H groups in total. The third kappa shape index (κ3) is 4.25. The van der Waals surface area contributed by atoms with Gasteiger partial charge in [0.05, 0.1) is 36.4 Å². The minimum absolute atomic E-state index is 0.0672. The number of anilines is 1. The molecule has 2 heterocycles. The molecule has 0 bridgehead atoms. The maximum Gasteiger partial charge on any atom is 0.293 e. The number of nitrogens with zero attached hydrogens (tertiary/aromatic N) is 3. The van der Waals surface area contributed by atoms with Crippen LogP contribution in [0.15, 0.2) is 18.2 Å². The molecule has 2 aliphatic heterocycles. The molecule has 0 saturated carbocycles. The zero-order chi connectivity index (χ0) is 17.6. The second-order valence-electron chi connectivity index (χ2n) is 6.32. The first kappa shape index (κ1) is 17.6. The van der Waals surface area contributed by atoms with E-state index in [1.165, 1.54) is 6.07 Å². The molecule has 134 valence electrons. The van der Waals surface area contributed by atoms with Gasteiger partial charge in [-0.15, -0.1) is 0 Å². The van der Waals surface area contributed by atoms with Crippen molar-refractivity contribution in [3.8, 4) is 6.07 Å².